The molecule has 2 bridgehead atoms. The minimum Gasteiger partial charge on any atom is -0.482 e. The van der Waals surface area contributed by atoms with Gasteiger partial charge in [0.1, 0.15) is 11.4 Å². The largest absolute Gasteiger partial charge is 0.482 e. The molecule has 33 heavy (non-hydrogen) atoms. The number of hydrogen-bond acceptors (Lipinski definition) is 5. The average molecular weight is 552 g/mol. The second-order valence-electron chi connectivity index (χ2n) is 8.03. The molecule has 10 heteroatoms. The van der Waals surface area contributed by atoms with Crippen molar-refractivity contribution in [2.75, 3.05) is 18.1 Å². The van der Waals surface area contributed by atoms with Crippen LogP contribution in [0.2, 0.25) is 10.0 Å². The molecule has 2 aromatic carbocycles. The predicted molar refractivity (Wildman–Crippen MR) is 125 cm³/mol. The fourth-order valence-corrected chi connectivity index (χ4v) is 5.30. The molecule has 2 fully saturated rings. The monoisotopic (exact) mass is 550 g/mol. The standard InChI is InChI=1S/C23H17BrCl2N2O5/c24-12-1-4-14(5-2-12)28-21(30)19-17-7-8-23(33-17,20(19)22(28)31)11-27-18(29)10-32-16-6-3-13(25)9-15(16)26/h1-9,17,19-20H,10-11H2,(H,27,29)/t17-,19-,20+,23-/m1/s1. The number of nitrogens with zero attached hydrogens (tertiary/aromatic N) is 1. The lowest BCUT2D eigenvalue weighted by atomic mass is 9.77. The van der Waals surface area contributed by atoms with Crippen molar-refractivity contribution in [2.45, 2.75) is 11.7 Å². The van der Waals surface area contributed by atoms with Crippen molar-refractivity contribution < 1.29 is 23.9 Å². The van der Waals surface area contributed by atoms with Crippen LogP contribution in [0.5, 0.6) is 5.75 Å². The highest BCUT2D eigenvalue weighted by Gasteiger charge is 2.67. The quantitative estimate of drug-likeness (QED) is 0.436. The summed E-state index contributed by atoms with van der Waals surface area (Å²) in [5, 5.41) is 3.51. The lowest BCUT2D eigenvalue weighted by Gasteiger charge is -2.29. The zero-order chi connectivity index (χ0) is 23.3. The van der Waals surface area contributed by atoms with E-state index < -0.39 is 29.4 Å². The molecule has 0 radical (unpaired) electrons. The number of rotatable bonds is 6. The summed E-state index contributed by atoms with van der Waals surface area (Å²) in [7, 11) is 0. The van der Waals surface area contributed by atoms with Gasteiger partial charge < -0.3 is 14.8 Å². The van der Waals surface area contributed by atoms with Crippen LogP contribution >= 0.6 is 39.1 Å². The SMILES string of the molecule is O=C(COc1ccc(Cl)cc1Cl)NC[C@@]12C=C[C@@H](O1)[C@H]1C(=O)N(c3ccc(Br)cc3)C(=O)[C@H]12. The van der Waals surface area contributed by atoms with Crippen molar-refractivity contribution in [3.05, 3.63) is 69.1 Å². The maximum Gasteiger partial charge on any atom is 0.258 e. The molecule has 0 aliphatic carbocycles. The Morgan fingerprint density at radius 1 is 1.15 bits per heavy atom. The molecule has 4 atom stereocenters. The second kappa shape index (κ2) is 8.43. The zero-order valence-electron chi connectivity index (χ0n) is 17.0. The Labute approximate surface area is 207 Å². The van der Waals surface area contributed by atoms with Crippen molar-refractivity contribution in [1.29, 1.82) is 0 Å². The third-order valence-electron chi connectivity index (χ3n) is 6.05. The van der Waals surface area contributed by atoms with E-state index in [-0.39, 0.29) is 25.0 Å². The van der Waals surface area contributed by atoms with Gasteiger partial charge in [0.15, 0.2) is 6.61 Å². The summed E-state index contributed by atoms with van der Waals surface area (Å²) in [4.78, 5) is 40.1. The van der Waals surface area contributed by atoms with Crippen molar-refractivity contribution in [2.24, 2.45) is 11.8 Å². The number of halogens is 3. The Morgan fingerprint density at radius 2 is 1.91 bits per heavy atom. The molecule has 5 rings (SSSR count). The number of amides is 3. The number of benzene rings is 2. The van der Waals surface area contributed by atoms with E-state index in [1.807, 2.05) is 0 Å². The fourth-order valence-electron chi connectivity index (χ4n) is 4.57. The maximum absolute atomic E-state index is 13.3. The molecule has 0 unspecified atom stereocenters. The zero-order valence-corrected chi connectivity index (χ0v) is 20.1. The Hall–Kier alpha value is -2.39. The number of hydrogen-bond donors (Lipinski definition) is 1. The number of imide groups is 1. The van der Waals surface area contributed by atoms with E-state index in [0.29, 0.717) is 21.5 Å². The summed E-state index contributed by atoms with van der Waals surface area (Å²) < 4.78 is 12.3. The Morgan fingerprint density at radius 3 is 2.64 bits per heavy atom. The van der Waals surface area contributed by atoms with Gasteiger partial charge in [-0.25, -0.2) is 4.90 Å². The second-order valence-corrected chi connectivity index (χ2v) is 9.79. The molecule has 3 aliphatic heterocycles. The van der Waals surface area contributed by atoms with Crippen molar-refractivity contribution >= 4 is 62.5 Å². The first-order valence-electron chi connectivity index (χ1n) is 10.1. The van der Waals surface area contributed by atoms with E-state index in [1.54, 1.807) is 48.6 Å². The molecule has 0 aromatic heterocycles. The van der Waals surface area contributed by atoms with Gasteiger partial charge in [-0.2, -0.15) is 0 Å². The van der Waals surface area contributed by atoms with E-state index in [2.05, 4.69) is 21.2 Å². The van der Waals surface area contributed by atoms with Crippen molar-refractivity contribution in [3.8, 4) is 5.75 Å². The van der Waals surface area contributed by atoms with Gasteiger partial charge in [-0.15, -0.1) is 0 Å². The molecule has 0 spiro atoms. The van der Waals surface area contributed by atoms with Crippen LogP contribution in [0.1, 0.15) is 0 Å². The molecule has 1 N–H and O–H groups in total. The van der Waals surface area contributed by atoms with Crippen LogP contribution in [0.15, 0.2) is 59.1 Å². The van der Waals surface area contributed by atoms with Crippen LogP contribution in [0, 0.1) is 11.8 Å². The van der Waals surface area contributed by atoms with Crippen LogP contribution in [0.3, 0.4) is 0 Å². The highest BCUT2D eigenvalue weighted by molar-refractivity contribution is 9.10. The molecular formula is C23H17BrCl2N2O5. The van der Waals surface area contributed by atoms with Crippen molar-refractivity contribution in [3.63, 3.8) is 0 Å². The molecule has 3 amide bonds. The molecule has 2 aromatic rings. The summed E-state index contributed by atoms with van der Waals surface area (Å²) >= 11 is 15.3. The van der Waals surface area contributed by atoms with Gasteiger partial charge in [0.25, 0.3) is 5.91 Å². The minimum atomic E-state index is -1.08. The van der Waals surface area contributed by atoms with Crippen LogP contribution in [0.25, 0.3) is 0 Å². The number of nitrogens with one attached hydrogen (secondary N) is 1. The lowest BCUT2D eigenvalue weighted by Crippen LogP contribution is -2.49. The first-order valence-corrected chi connectivity index (χ1v) is 11.7. The first-order chi connectivity index (χ1) is 15.8. The van der Waals surface area contributed by atoms with Crippen LogP contribution in [-0.4, -0.2) is 42.6 Å². The smallest absolute Gasteiger partial charge is 0.258 e. The molecule has 7 nitrogen and oxygen atoms in total. The summed E-state index contributed by atoms with van der Waals surface area (Å²) in [6.45, 7) is -0.249. The van der Waals surface area contributed by atoms with Crippen molar-refractivity contribution in [1.82, 2.24) is 5.32 Å². The normalized spacial score (nSPS) is 27.2. The highest BCUT2D eigenvalue weighted by atomic mass is 79.9. The Kier molecular flexibility index (Phi) is 5.73. The Balaban J connectivity index is 1.27. The van der Waals surface area contributed by atoms with E-state index in [1.165, 1.54) is 11.0 Å². The van der Waals surface area contributed by atoms with Gasteiger partial charge in [0.05, 0.1) is 35.2 Å². The molecular weight excluding hydrogens is 535 g/mol. The maximum atomic E-state index is 13.3. The van der Waals surface area contributed by atoms with Gasteiger partial charge in [-0.05, 0) is 42.5 Å². The van der Waals surface area contributed by atoms with E-state index >= 15 is 0 Å². The molecule has 3 heterocycles. The van der Waals surface area contributed by atoms with E-state index in [9.17, 15) is 14.4 Å². The van der Waals surface area contributed by atoms with Gasteiger partial charge in [0.2, 0.25) is 11.8 Å². The van der Waals surface area contributed by atoms with E-state index in [0.717, 1.165) is 4.47 Å². The van der Waals surface area contributed by atoms with Gasteiger partial charge in [0, 0.05) is 9.50 Å². The highest BCUT2D eigenvalue weighted by Crippen LogP contribution is 2.52. The van der Waals surface area contributed by atoms with E-state index in [4.69, 9.17) is 32.7 Å². The molecule has 170 valence electrons. The fraction of sp³-hybridized carbons (Fsp3) is 0.261. The summed E-state index contributed by atoms with van der Waals surface area (Å²) in [5.41, 5.74) is -0.575. The van der Waals surface area contributed by atoms with Crippen LogP contribution in [0.4, 0.5) is 5.69 Å². The minimum absolute atomic E-state index is 0.0326. The number of ether oxygens (including phenoxy) is 2. The number of carbonyl (C=O) groups excluding carboxylic acids is 3. The summed E-state index contributed by atoms with van der Waals surface area (Å²) in [6.07, 6.45) is 3.05. The number of anilines is 1. The molecule has 2 saturated heterocycles. The Bertz CT molecular complexity index is 1190. The average Bonchev–Trinajstić information content (AvgIpc) is 3.43. The third kappa shape index (κ3) is 3.85. The van der Waals surface area contributed by atoms with Gasteiger partial charge in [-0.3, -0.25) is 14.4 Å². The topological polar surface area (TPSA) is 84.9 Å². The lowest BCUT2D eigenvalue weighted by molar-refractivity contribution is -0.129. The first kappa shape index (κ1) is 22.4. The number of fused-ring (bicyclic) bond motifs is 5. The summed E-state index contributed by atoms with van der Waals surface area (Å²) in [6, 6.07) is 11.7. The van der Waals surface area contributed by atoms with Crippen LogP contribution < -0.4 is 15.0 Å². The van der Waals surface area contributed by atoms with Gasteiger partial charge in [-0.1, -0.05) is 51.3 Å². The third-order valence-corrected chi connectivity index (χ3v) is 7.11. The number of carbonyl (C=O) groups is 3. The van der Waals surface area contributed by atoms with Crippen LogP contribution in [-0.2, 0) is 19.1 Å². The predicted octanol–water partition coefficient (Wildman–Crippen LogP) is 3.76. The molecule has 0 saturated carbocycles. The summed E-state index contributed by atoms with van der Waals surface area (Å²) in [5.74, 6) is -2.05. The van der Waals surface area contributed by atoms with Gasteiger partial charge >= 0.3 is 0 Å². The molecule has 3 aliphatic rings.